The predicted octanol–water partition coefficient (Wildman–Crippen LogP) is 3.65. The van der Waals surface area contributed by atoms with Crippen LogP contribution in [0.3, 0.4) is 0 Å². The summed E-state index contributed by atoms with van der Waals surface area (Å²) in [5.74, 6) is 0.134. The number of carbonyl (C=O) groups excluding carboxylic acids is 2. The van der Waals surface area contributed by atoms with Gasteiger partial charge in [-0.1, -0.05) is 37.6 Å². The van der Waals surface area contributed by atoms with Gasteiger partial charge in [0.1, 0.15) is 6.04 Å². The highest BCUT2D eigenvalue weighted by molar-refractivity contribution is 6.31. The smallest absolute Gasteiger partial charge is 0.262 e. The Morgan fingerprint density at radius 1 is 1.20 bits per heavy atom. The molecule has 0 aromatic heterocycles. The zero-order chi connectivity index (χ0) is 22.1. The van der Waals surface area contributed by atoms with Gasteiger partial charge in [-0.2, -0.15) is 5.10 Å². The number of ether oxygens (including phenoxy) is 2. The zero-order valence-electron chi connectivity index (χ0n) is 17.4. The first-order valence-electron chi connectivity index (χ1n) is 9.56. The van der Waals surface area contributed by atoms with Crippen molar-refractivity contribution in [2.75, 3.05) is 13.7 Å². The Morgan fingerprint density at radius 2 is 1.93 bits per heavy atom. The largest absolute Gasteiger partial charge is 0.493 e. The number of hydrogen-bond acceptors (Lipinski definition) is 5. The summed E-state index contributed by atoms with van der Waals surface area (Å²) in [6.45, 7) is 5.99. The van der Waals surface area contributed by atoms with E-state index in [0.717, 1.165) is 0 Å². The number of carbonyl (C=O) groups is 2. The number of para-hydroxylation sites is 1. The van der Waals surface area contributed by atoms with Crippen LogP contribution in [0.15, 0.2) is 47.6 Å². The van der Waals surface area contributed by atoms with Crippen molar-refractivity contribution >= 4 is 29.6 Å². The van der Waals surface area contributed by atoms with Gasteiger partial charge in [-0.3, -0.25) is 9.59 Å². The molecule has 0 spiro atoms. The summed E-state index contributed by atoms with van der Waals surface area (Å²) >= 11 is 5.94. The normalized spacial score (nSPS) is 11.9. The molecule has 2 N–H and O–H groups in total. The van der Waals surface area contributed by atoms with Gasteiger partial charge < -0.3 is 14.8 Å². The molecule has 2 amide bonds. The third-order valence-electron chi connectivity index (χ3n) is 4.22. The van der Waals surface area contributed by atoms with E-state index in [9.17, 15) is 9.59 Å². The van der Waals surface area contributed by atoms with Crippen molar-refractivity contribution in [1.29, 1.82) is 0 Å². The minimum atomic E-state index is -0.773. The summed E-state index contributed by atoms with van der Waals surface area (Å²) < 4.78 is 10.9. The maximum Gasteiger partial charge on any atom is 0.262 e. The SMILES string of the molecule is CCOc1c(/C=N/NC(=O)C(NC(=O)c2cccc(Cl)c2)C(C)C)cccc1OC. The highest BCUT2D eigenvalue weighted by atomic mass is 35.5. The van der Waals surface area contributed by atoms with Crippen LogP contribution in [-0.2, 0) is 4.79 Å². The van der Waals surface area contributed by atoms with E-state index in [2.05, 4.69) is 15.8 Å². The van der Waals surface area contributed by atoms with E-state index in [1.165, 1.54) is 6.21 Å². The monoisotopic (exact) mass is 431 g/mol. The quantitative estimate of drug-likeness (QED) is 0.468. The van der Waals surface area contributed by atoms with Gasteiger partial charge in [0.2, 0.25) is 0 Å². The molecule has 0 bridgehead atoms. The lowest BCUT2D eigenvalue weighted by Gasteiger charge is -2.20. The molecule has 8 heteroatoms. The van der Waals surface area contributed by atoms with Crippen LogP contribution >= 0.6 is 11.6 Å². The van der Waals surface area contributed by atoms with E-state index in [-0.39, 0.29) is 11.8 Å². The van der Waals surface area contributed by atoms with Crippen molar-refractivity contribution in [2.45, 2.75) is 26.8 Å². The Morgan fingerprint density at radius 3 is 2.57 bits per heavy atom. The molecule has 0 fully saturated rings. The molecular weight excluding hydrogens is 406 g/mol. The number of rotatable bonds is 9. The molecule has 0 radical (unpaired) electrons. The Labute approximate surface area is 181 Å². The summed E-state index contributed by atoms with van der Waals surface area (Å²) in [5.41, 5.74) is 3.51. The summed E-state index contributed by atoms with van der Waals surface area (Å²) in [6, 6.07) is 11.1. The number of nitrogens with zero attached hydrogens (tertiary/aromatic N) is 1. The lowest BCUT2D eigenvalue weighted by Crippen LogP contribution is -2.48. The Balaban J connectivity index is 2.10. The molecule has 1 unspecified atom stereocenters. The second-order valence-electron chi connectivity index (χ2n) is 6.75. The lowest BCUT2D eigenvalue weighted by molar-refractivity contribution is -0.123. The van der Waals surface area contributed by atoms with E-state index >= 15 is 0 Å². The molecular formula is C22H26ClN3O4. The first kappa shape index (κ1) is 23.2. The highest BCUT2D eigenvalue weighted by Gasteiger charge is 2.24. The number of nitrogens with one attached hydrogen (secondary N) is 2. The molecule has 0 saturated heterocycles. The molecule has 0 aliphatic rings. The first-order chi connectivity index (χ1) is 14.4. The van der Waals surface area contributed by atoms with Crippen LogP contribution in [0, 0.1) is 5.92 Å². The zero-order valence-corrected chi connectivity index (χ0v) is 18.2. The van der Waals surface area contributed by atoms with Crippen LogP contribution in [0.5, 0.6) is 11.5 Å². The Kier molecular flexibility index (Phi) is 8.68. The molecule has 2 aromatic carbocycles. The Bertz CT molecular complexity index is 915. The average Bonchev–Trinajstić information content (AvgIpc) is 2.72. The van der Waals surface area contributed by atoms with Gasteiger partial charge in [-0.25, -0.2) is 5.43 Å². The Hall–Kier alpha value is -3.06. The van der Waals surface area contributed by atoms with Crippen LogP contribution in [0.2, 0.25) is 5.02 Å². The van der Waals surface area contributed by atoms with Crippen LogP contribution in [0.1, 0.15) is 36.7 Å². The number of halogens is 1. The lowest BCUT2D eigenvalue weighted by atomic mass is 10.0. The molecule has 0 aliphatic carbocycles. The van der Waals surface area contributed by atoms with Gasteiger partial charge in [0.05, 0.1) is 19.9 Å². The minimum absolute atomic E-state index is 0.154. The van der Waals surface area contributed by atoms with Gasteiger partial charge in [0.15, 0.2) is 11.5 Å². The number of methoxy groups -OCH3 is 1. The summed E-state index contributed by atoms with van der Waals surface area (Å²) in [5, 5.41) is 7.20. The van der Waals surface area contributed by atoms with Gasteiger partial charge in [-0.15, -0.1) is 0 Å². The van der Waals surface area contributed by atoms with Crippen LogP contribution in [0.4, 0.5) is 0 Å². The summed E-state index contributed by atoms with van der Waals surface area (Å²) in [7, 11) is 1.55. The minimum Gasteiger partial charge on any atom is -0.493 e. The maximum atomic E-state index is 12.6. The molecule has 30 heavy (non-hydrogen) atoms. The molecule has 1 atom stereocenters. The van der Waals surface area contributed by atoms with Crippen LogP contribution in [-0.4, -0.2) is 37.8 Å². The summed E-state index contributed by atoms with van der Waals surface area (Å²) in [4.78, 5) is 25.1. The standard InChI is InChI=1S/C22H26ClN3O4/c1-5-30-20-16(9-7-11-18(20)29-4)13-24-26-22(28)19(14(2)3)25-21(27)15-8-6-10-17(23)12-15/h6-14,19H,5H2,1-4H3,(H,25,27)(H,26,28)/b24-13+. The van der Waals surface area contributed by atoms with Crippen LogP contribution < -0.4 is 20.2 Å². The van der Waals surface area contributed by atoms with E-state index in [1.54, 1.807) is 49.6 Å². The van der Waals surface area contributed by atoms with Crippen molar-refractivity contribution in [3.8, 4) is 11.5 Å². The molecule has 7 nitrogen and oxygen atoms in total. The number of hydrogen-bond donors (Lipinski definition) is 2. The van der Waals surface area contributed by atoms with Crippen molar-refractivity contribution in [1.82, 2.24) is 10.7 Å². The van der Waals surface area contributed by atoms with E-state index < -0.39 is 11.9 Å². The number of amides is 2. The van der Waals surface area contributed by atoms with E-state index in [1.807, 2.05) is 20.8 Å². The van der Waals surface area contributed by atoms with Crippen molar-refractivity contribution in [3.63, 3.8) is 0 Å². The van der Waals surface area contributed by atoms with Gasteiger partial charge in [0.25, 0.3) is 11.8 Å². The number of benzene rings is 2. The van der Waals surface area contributed by atoms with Crippen molar-refractivity contribution in [3.05, 3.63) is 58.6 Å². The maximum absolute atomic E-state index is 12.6. The molecule has 0 heterocycles. The van der Waals surface area contributed by atoms with Crippen molar-refractivity contribution < 1.29 is 19.1 Å². The van der Waals surface area contributed by atoms with E-state index in [0.29, 0.717) is 34.3 Å². The fourth-order valence-corrected chi connectivity index (χ4v) is 2.91. The average molecular weight is 432 g/mol. The topological polar surface area (TPSA) is 89.0 Å². The molecule has 0 aliphatic heterocycles. The van der Waals surface area contributed by atoms with Gasteiger partial charge >= 0.3 is 0 Å². The molecule has 0 saturated carbocycles. The fraction of sp³-hybridized carbons (Fsp3) is 0.318. The third-order valence-corrected chi connectivity index (χ3v) is 4.45. The molecule has 2 aromatic rings. The molecule has 160 valence electrons. The second-order valence-corrected chi connectivity index (χ2v) is 7.19. The fourth-order valence-electron chi connectivity index (χ4n) is 2.72. The number of hydrazone groups is 1. The van der Waals surface area contributed by atoms with Crippen molar-refractivity contribution in [2.24, 2.45) is 11.0 Å². The predicted molar refractivity (Wildman–Crippen MR) is 117 cm³/mol. The van der Waals surface area contributed by atoms with Crippen LogP contribution in [0.25, 0.3) is 0 Å². The van der Waals surface area contributed by atoms with Gasteiger partial charge in [-0.05, 0) is 43.2 Å². The highest BCUT2D eigenvalue weighted by Crippen LogP contribution is 2.29. The third kappa shape index (κ3) is 6.22. The van der Waals surface area contributed by atoms with Gasteiger partial charge in [0, 0.05) is 16.1 Å². The first-order valence-corrected chi connectivity index (χ1v) is 9.94. The second kappa shape index (κ2) is 11.2. The molecule has 2 rings (SSSR count). The van der Waals surface area contributed by atoms with E-state index in [4.69, 9.17) is 21.1 Å². The summed E-state index contributed by atoms with van der Waals surface area (Å²) in [6.07, 6.45) is 1.47.